The first-order chi connectivity index (χ1) is 14.1. The lowest BCUT2D eigenvalue weighted by atomic mass is 10.2. The summed E-state index contributed by atoms with van der Waals surface area (Å²) in [5.74, 6) is 1.25. The molecule has 29 heavy (non-hydrogen) atoms. The predicted octanol–water partition coefficient (Wildman–Crippen LogP) is 0.473. The molecule has 3 heterocycles. The molecule has 4 rings (SSSR count). The van der Waals surface area contributed by atoms with Gasteiger partial charge in [0, 0.05) is 26.2 Å². The van der Waals surface area contributed by atoms with Gasteiger partial charge >= 0.3 is 5.69 Å². The average Bonchev–Trinajstić information content (AvgIpc) is 3.39. The Bertz CT molecular complexity index is 1240. The fraction of sp³-hybridized carbons (Fsp3) is 0.333. The molecule has 0 atom stereocenters. The lowest BCUT2D eigenvalue weighted by Gasteiger charge is -2.09. The lowest BCUT2D eigenvalue weighted by Crippen LogP contribution is -2.39. The zero-order chi connectivity index (χ0) is 20.4. The Labute approximate surface area is 164 Å². The maximum absolute atomic E-state index is 12.6. The van der Waals surface area contributed by atoms with Crippen molar-refractivity contribution in [3.63, 3.8) is 0 Å². The Kier molecular flexibility index (Phi) is 4.94. The van der Waals surface area contributed by atoms with Gasteiger partial charge in [0.15, 0.2) is 11.2 Å². The van der Waals surface area contributed by atoms with E-state index in [0.29, 0.717) is 43.0 Å². The first-order valence-corrected chi connectivity index (χ1v) is 9.14. The van der Waals surface area contributed by atoms with E-state index < -0.39 is 0 Å². The Hall–Kier alpha value is -3.76. The summed E-state index contributed by atoms with van der Waals surface area (Å²) in [6.45, 7) is 0.803. The molecule has 0 saturated carbocycles. The number of fused-ring (bicyclic) bond motifs is 1. The monoisotopic (exact) mass is 396 g/mol. The van der Waals surface area contributed by atoms with E-state index in [2.05, 4.69) is 25.6 Å². The zero-order valence-electron chi connectivity index (χ0n) is 16.1. The van der Waals surface area contributed by atoms with Gasteiger partial charge in [-0.2, -0.15) is 5.21 Å². The summed E-state index contributed by atoms with van der Waals surface area (Å²) in [5, 5.41) is 13.8. The average molecular weight is 396 g/mol. The number of aromatic amines is 1. The molecule has 11 nitrogen and oxygen atoms in total. The van der Waals surface area contributed by atoms with Crippen LogP contribution in [0.25, 0.3) is 22.6 Å². The number of nitrogens with zero attached hydrogens (tertiary/aromatic N) is 7. The van der Waals surface area contributed by atoms with Crippen LogP contribution in [0.1, 0.15) is 12.8 Å². The second-order valence-corrected chi connectivity index (χ2v) is 6.64. The third-order valence-corrected chi connectivity index (χ3v) is 4.70. The fourth-order valence-electron chi connectivity index (χ4n) is 3.14. The van der Waals surface area contributed by atoms with Gasteiger partial charge in [-0.3, -0.25) is 13.9 Å². The molecule has 3 aromatic heterocycles. The van der Waals surface area contributed by atoms with Crippen molar-refractivity contribution in [3.05, 3.63) is 51.4 Å². The van der Waals surface area contributed by atoms with E-state index in [4.69, 9.17) is 4.74 Å². The number of nitrogens with one attached hydrogen (secondary N) is 1. The van der Waals surface area contributed by atoms with Gasteiger partial charge in [0.05, 0.1) is 12.9 Å². The quantitative estimate of drug-likeness (QED) is 0.450. The van der Waals surface area contributed by atoms with Crippen molar-refractivity contribution >= 4 is 11.2 Å². The highest BCUT2D eigenvalue weighted by atomic mass is 16.5. The molecule has 0 radical (unpaired) electrons. The molecular formula is C18H20N8O3. The number of hydrogen-bond donors (Lipinski definition) is 1. The summed E-state index contributed by atoms with van der Waals surface area (Å²) in [6, 6.07) is 7.38. The second kappa shape index (κ2) is 7.70. The number of tetrazole rings is 1. The van der Waals surface area contributed by atoms with Crippen LogP contribution in [-0.4, -0.2) is 45.9 Å². The number of unbranched alkanes of at least 4 members (excludes halogenated alkanes) is 1. The smallest absolute Gasteiger partial charge is 0.332 e. The molecule has 0 unspecified atom stereocenters. The van der Waals surface area contributed by atoms with Gasteiger partial charge in [-0.25, -0.2) is 9.78 Å². The van der Waals surface area contributed by atoms with E-state index in [0.717, 1.165) is 11.3 Å². The van der Waals surface area contributed by atoms with E-state index in [-0.39, 0.29) is 11.2 Å². The molecule has 11 heteroatoms. The van der Waals surface area contributed by atoms with Gasteiger partial charge in [-0.1, -0.05) is 0 Å². The predicted molar refractivity (Wildman–Crippen MR) is 105 cm³/mol. The topological polar surface area (TPSA) is 126 Å². The van der Waals surface area contributed by atoms with Gasteiger partial charge in [0.2, 0.25) is 5.82 Å². The van der Waals surface area contributed by atoms with E-state index in [1.807, 2.05) is 24.3 Å². The van der Waals surface area contributed by atoms with Crippen molar-refractivity contribution in [3.8, 4) is 17.1 Å². The molecule has 0 fully saturated rings. The molecule has 0 spiro atoms. The highest BCUT2D eigenvalue weighted by molar-refractivity contribution is 5.69. The third-order valence-electron chi connectivity index (χ3n) is 4.70. The van der Waals surface area contributed by atoms with Crippen LogP contribution >= 0.6 is 0 Å². The maximum atomic E-state index is 12.6. The second-order valence-electron chi connectivity index (χ2n) is 6.64. The number of benzene rings is 1. The molecule has 0 aliphatic heterocycles. The number of ether oxygens (including phenoxy) is 1. The number of hydrogen-bond acceptors (Lipinski definition) is 7. The van der Waals surface area contributed by atoms with E-state index in [1.165, 1.54) is 15.5 Å². The summed E-state index contributed by atoms with van der Waals surface area (Å²) in [4.78, 5) is 29.2. The molecule has 0 bridgehead atoms. The van der Waals surface area contributed by atoms with Crippen molar-refractivity contribution in [2.45, 2.75) is 19.4 Å². The number of aryl methyl sites for hydroxylation is 2. The van der Waals surface area contributed by atoms with Gasteiger partial charge in [0.25, 0.3) is 5.56 Å². The van der Waals surface area contributed by atoms with Crippen LogP contribution in [0.2, 0.25) is 0 Å². The van der Waals surface area contributed by atoms with Crippen LogP contribution in [0.15, 0.2) is 40.2 Å². The first kappa shape index (κ1) is 18.6. The summed E-state index contributed by atoms with van der Waals surface area (Å²) < 4.78 is 10.0. The molecule has 0 amide bonds. The van der Waals surface area contributed by atoms with Crippen molar-refractivity contribution in [2.75, 3.05) is 6.61 Å². The Morgan fingerprint density at radius 1 is 1.10 bits per heavy atom. The van der Waals surface area contributed by atoms with Crippen LogP contribution in [0.3, 0.4) is 0 Å². The molecular weight excluding hydrogens is 376 g/mol. The Balaban J connectivity index is 1.35. The standard InChI is InChI=1S/C18H20N8O3/c1-24-11-19-16-14(24)17(27)26(18(28)25(16)2)9-3-4-10-29-13-7-5-12(6-8-13)15-20-22-23-21-15/h5-8,11H,3-4,9-10H2,1-2H3,(H,20,21,22,23). The lowest BCUT2D eigenvalue weighted by molar-refractivity contribution is 0.302. The Morgan fingerprint density at radius 3 is 2.62 bits per heavy atom. The summed E-state index contributed by atoms with van der Waals surface area (Å²) in [6.07, 6.45) is 2.87. The molecule has 0 aliphatic rings. The maximum Gasteiger partial charge on any atom is 0.332 e. The molecule has 1 aromatic carbocycles. The normalized spacial score (nSPS) is 11.2. The number of imidazole rings is 1. The van der Waals surface area contributed by atoms with Crippen molar-refractivity contribution in [1.29, 1.82) is 0 Å². The Morgan fingerprint density at radius 2 is 1.90 bits per heavy atom. The zero-order valence-corrected chi connectivity index (χ0v) is 16.1. The minimum absolute atomic E-state index is 0.318. The van der Waals surface area contributed by atoms with Crippen LogP contribution in [-0.2, 0) is 20.6 Å². The van der Waals surface area contributed by atoms with E-state index in [9.17, 15) is 9.59 Å². The number of rotatable bonds is 7. The minimum atomic E-state index is -0.362. The molecule has 150 valence electrons. The largest absolute Gasteiger partial charge is 0.494 e. The summed E-state index contributed by atoms with van der Waals surface area (Å²) in [7, 11) is 3.36. The van der Waals surface area contributed by atoms with Crippen LogP contribution in [0.4, 0.5) is 0 Å². The van der Waals surface area contributed by atoms with Crippen molar-refractivity contribution < 1.29 is 4.74 Å². The van der Waals surface area contributed by atoms with Crippen molar-refractivity contribution in [1.82, 2.24) is 39.3 Å². The first-order valence-electron chi connectivity index (χ1n) is 9.14. The van der Waals surface area contributed by atoms with Crippen LogP contribution in [0.5, 0.6) is 5.75 Å². The van der Waals surface area contributed by atoms with Crippen LogP contribution < -0.4 is 16.0 Å². The molecule has 4 aromatic rings. The van der Waals surface area contributed by atoms with Gasteiger partial charge in [-0.15, -0.1) is 10.2 Å². The van der Waals surface area contributed by atoms with E-state index in [1.54, 1.807) is 18.7 Å². The van der Waals surface area contributed by atoms with Crippen LogP contribution in [0, 0.1) is 0 Å². The molecule has 0 aliphatic carbocycles. The van der Waals surface area contributed by atoms with Gasteiger partial charge < -0.3 is 9.30 Å². The van der Waals surface area contributed by atoms with E-state index >= 15 is 0 Å². The van der Waals surface area contributed by atoms with Gasteiger partial charge in [-0.05, 0) is 42.3 Å². The molecule has 1 N–H and O–H groups in total. The van der Waals surface area contributed by atoms with Crippen molar-refractivity contribution in [2.24, 2.45) is 14.1 Å². The highest BCUT2D eigenvalue weighted by Gasteiger charge is 2.14. The molecule has 0 saturated heterocycles. The SMILES string of the molecule is Cn1cnc2c1c(=O)n(CCCCOc1ccc(-c3nn[nH]n3)cc1)c(=O)n2C. The highest BCUT2D eigenvalue weighted by Crippen LogP contribution is 2.18. The third kappa shape index (κ3) is 3.53. The number of H-pyrrole nitrogens is 1. The van der Waals surface area contributed by atoms with Gasteiger partial charge in [0.1, 0.15) is 5.75 Å². The number of aromatic nitrogens is 8. The fourth-order valence-corrected chi connectivity index (χ4v) is 3.14. The summed E-state index contributed by atoms with van der Waals surface area (Å²) in [5.41, 5.74) is 0.975. The summed E-state index contributed by atoms with van der Waals surface area (Å²) >= 11 is 0. The minimum Gasteiger partial charge on any atom is -0.494 e.